The molecule has 110 valence electrons. The van der Waals surface area contributed by atoms with Crippen LogP contribution in [-0.4, -0.2) is 20.8 Å². The zero-order valence-electron chi connectivity index (χ0n) is 11.6. The third-order valence-electron chi connectivity index (χ3n) is 2.90. The van der Waals surface area contributed by atoms with Crippen LogP contribution in [0.2, 0.25) is 0 Å². The van der Waals surface area contributed by atoms with Gasteiger partial charge in [-0.15, -0.1) is 0 Å². The number of oxazole rings is 1. The molecule has 0 aliphatic heterocycles. The molecule has 0 radical (unpaired) electrons. The smallest absolute Gasteiger partial charge is 0.237 e. The Labute approximate surface area is 129 Å². The molecular weight excluding hydrogens is 296 g/mol. The van der Waals surface area contributed by atoms with Crippen molar-refractivity contribution in [2.45, 2.75) is 0 Å². The summed E-state index contributed by atoms with van der Waals surface area (Å²) in [7, 11) is 0. The topological polar surface area (TPSA) is 131 Å². The number of hydrazone groups is 1. The molecule has 0 spiro atoms. The van der Waals surface area contributed by atoms with Crippen molar-refractivity contribution < 1.29 is 9.52 Å². The van der Waals surface area contributed by atoms with E-state index in [0.717, 1.165) is 0 Å². The lowest BCUT2D eigenvalue weighted by Crippen LogP contribution is -1.96. The number of phenolic OH excluding ortho intramolecular Hbond substituents is 1. The molecule has 0 aliphatic rings. The number of anilines is 1. The highest BCUT2D eigenvalue weighted by Gasteiger charge is 2.13. The minimum absolute atomic E-state index is 0.0905. The third-order valence-corrected chi connectivity index (χ3v) is 2.90. The van der Waals surface area contributed by atoms with E-state index in [1.165, 1.54) is 6.07 Å². The van der Waals surface area contributed by atoms with Crippen LogP contribution in [0.3, 0.4) is 0 Å². The zero-order chi connectivity index (χ0) is 16.2. The highest BCUT2D eigenvalue weighted by molar-refractivity contribution is 6.10. The minimum atomic E-state index is -0.321. The van der Waals surface area contributed by atoms with E-state index in [1.807, 2.05) is 0 Å². The fourth-order valence-corrected chi connectivity index (χ4v) is 1.86. The first kappa shape index (κ1) is 14.0. The average molecular weight is 304 g/mol. The SMILES string of the molecule is N#CC(C#N)=NNc1ccc(-c2nc3ncccc3o2)c(O)c1. The summed E-state index contributed by atoms with van der Waals surface area (Å²) < 4.78 is 5.54. The lowest BCUT2D eigenvalue weighted by Gasteiger charge is -2.04. The number of fused-ring (bicyclic) bond motifs is 1. The summed E-state index contributed by atoms with van der Waals surface area (Å²) in [5, 5.41) is 30.9. The van der Waals surface area contributed by atoms with E-state index in [-0.39, 0.29) is 17.4 Å². The van der Waals surface area contributed by atoms with Crippen molar-refractivity contribution in [2.75, 3.05) is 5.43 Å². The first-order valence-electron chi connectivity index (χ1n) is 6.40. The van der Waals surface area contributed by atoms with Gasteiger partial charge in [0, 0.05) is 12.3 Å². The lowest BCUT2D eigenvalue weighted by atomic mass is 10.2. The number of hydrogen-bond donors (Lipinski definition) is 2. The Kier molecular flexibility index (Phi) is 3.56. The molecule has 0 unspecified atom stereocenters. The number of aromatic hydroxyl groups is 1. The number of pyridine rings is 1. The highest BCUT2D eigenvalue weighted by Crippen LogP contribution is 2.32. The van der Waals surface area contributed by atoms with E-state index in [1.54, 1.807) is 42.6 Å². The van der Waals surface area contributed by atoms with Crippen LogP contribution in [0.4, 0.5) is 5.69 Å². The lowest BCUT2D eigenvalue weighted by molar-refractivity contribution is 0.474. The molecular formula is C15H8N6O2. The maximum atomic E-state index is 10.1. The van der Waals surface area contributed by atoms with Crippen molar-refractivity contribution in [2.24, 2.45) is 5.10 Å². The number of nitrogens with one attached hydrogen (secondary N) is 1. The van der Waals surface area contributed by atoms with Crippen LogP contribution in [0.5, 0.6) is 5.75 Å². The number of nitriles is 2. The van der Waals surface area contributed by atoms with Gasteiger partial charge in [-0.1, -0.05) is 0 Å². The molecule has 23 heavy (non-hydrogen) atoms. The monoisotopic (exact) mass is 304 g/mol. The third kappa shape index (κ3) is 2.77. The first-order valence-corrected chi connectivity index (χ1v) is 6.40. The molecule has 8 nitrogen and oxygen atoms in total. The van der Waals surface area contributed by atoms with Gasteiger partial charge in [0.1, 0.15) is 17.9 Å². The first-order chi connectivity index (χ1) is 11.2. The van der Waals surface area contributed by atoms with Gasteiger partial charge in [0.05, 0.1) is 11.3 Å². The van der Waals surface area contributed by atoms with Gasteiger partial charge in [0.15, 0.2) is 11.2 Å². The van der Waals surface area contributed by atoms with Crippen LogP contribution in [0.15, 0.2) is 46.0 Å². The number of aromatic nitrogens is 2. The fourth-order valence-electron chi connectivity index (χ4n) is 1.86. The van der Waals surface area contributed by atoms with Crippen LogP contribution in [0, 0.1) is 22.7 Å². The van der Waals surface area contributed by atoms with Crippen molar-refractivity contribution in [3.63, 3.8) is 0 Å². The second-order valence-electron chi connectivity index (χ2n) is 4.37. The number of benzene rings is 1. The summed E-state index contributed by atoms with van der Waals surface area (Å²) in [6.07, 6.45) is 1.60. The molecule has 0 fully saturated rings. The molecule has 0 aliphatic carbocycles. The van der Waals surface area contributed by atoms with E-state index >= 15 is 0 Å². The zero-order valence-corrected chi connectivity index (χ0v) is 11.6. The Morgan fingerprint density at radius 1 is 1.26 bits per heavy atom. The van der Waals surface area contributed by atoms with Gasteiger partial charge < -0.3 is 9.52 Å². The van der Waals surface area contributed by atoms with E-state index in [2.05, 4.69) is 20.5 Å². The Balaban J connectivity index is 1.92. The van der Waals surface area contributed by atoms with Crippen LogP contribution in [0.1, 0.15) is 0 Å². The Morgan fingerprint density at radius 3 is 2.78 bits per heavy atom. The average Bonchev–Trinajstić information content (AvgIpc) is 2.99. The second-order valence-corrected chi connectivity index (χ2v) is 4.37. The van der Waals surface area contributed by atoms with Crippen LogP contribution in [0.25, 0.3) is 22.7 Å². The summed E-state index contributed by atoms with van der Waals surface area (Å²) in [5.41, 5.74) is 3.95. The predicted molar refractivity (Wildman–Crippen MR) is 81.2 cm³/mol. The molecule has 8 heteroatoms. The van der Waals surface area contributed by atoms with Crippen molar-refractivity contribution in [3.05, 3.63) is 36.5 Å². The summed E-state index contributed by atoms with van der Waals surface area (Å²) >= 11 is 0. The minimum Gasteiger partial charge on any atom is -0.507 e. The Hall–Kier alpha value is -3.91. The van der Waals surface area contributed by atoms with Gasteiger partial charge in [0.25, 0.3) is 0 Å². The Morgan fingerprint density at radius 2 is 2.09 bits per heavy atom. The predicted octanol–water partition coefficient (Wildman–Crippen LogP) is 2.41. The molecule has 2 aromatic heterocycles. The molecule has 1 aromatic carbocycles. The van der Waals surface area contributed by atoms with Crippen LogP contribution >= 0.6 is 0 Å². The van der Waals surface area contributed by atoms with Gasteiger partial charge in [-0.3, -0.25) is 5.43 Å². The van der Waals surface area contributed by atoms with Crippen molar-refractivity contribution in [1.29, 1.82) is 10.5 Å². The molecule has 2 heterocycles. The van der Waals surface area contributed by atoms with Gasteiger partial charge in [0.2, 0.25) is 11.6 Å². The standard InChI is InChI=1S/C15H8N6O2/c16-7-10(8-17)21-20-9-3-4-11(12(22)6-9)15-19-14-13(23-15)2-1-5-18-14/h1-6,20,22H. The maximum Gasteiger partial charge on any atom is 0.237 e. The molecule has 0 bridgehead atoms. The molecule has 0 atom stereocenters. The fraction of sp³-hybridized carbons (Fsp3) is 0. The molecule has 2 N–H and O–H groups in total. The molecule has 3 rings (SSSR count). The molecule has 0 saturated heterocycles. The Bertz CT molecular complexity index is 944. The van der Waals surface area contributed by atoms with E-state index < -0.39 is 0 Å². The number of hydrogen-bond acceptors (Lipinski definition) is 8. The van der Waals surface area contributed by atoms with Crippen LogP contribution in [-0.2, 0) is 0 Å². The number of nitrogens with zero attached hydrogens (tertiary/aromatic N) is 5. The maximum absolute atomic E-state index is 10.1. The normalized spacial score (nSPS) is 9.83. The highest BCUT2D eigenvalue weighted by atomic mass is 16.4. The second kappa shape index (κ2) is 5.84. The largest absolute Gasteiger partial charge is 0.507 e. The molecule has 0 saturated carbocycles. The van der Waals surface area contributed by atoms with Crippen LogP contribution < -0.4 is 5.43 Å². The summed E-state index contributed by atoms with van der Waals surface area (Å²) in [6.45, 7) is 0. The van der Waals surface area contributed by atoms with Crippen molar-refractivity contribution in [3.8, 4) is 29.3 Å². The van der Waals surface area contributed by atoms with Gasteiger partial charge >= 0.3 is 0 Å². The van der Waals surface area contributed by atoms with E-state index in [4.69, 9.17) is 14.9 Å². The van der Waals surface area contributed by atoms with Gasteiger partial charge in [-0.05, 0) is 24.3 Å². The van der Waals surface area contributed by atoms with Gasteiger partial charge in [-0.2, -0.15) is 20.6 Å². The molecule has 3 aromatic rings. The van der Waals surface area contributed by atoms with E-state index in [0.29, 0.717) is 22.5 Å². The summed E-state index contributed by atoms with van der Waals surface area (Å²) in [5.74, 6) is 0.146. The summed E-state index contributed by atoms with van der Waals surface area (Å²) in [4.78, 5) is 8.27. The van der Waals surface area contributed by atoms with Crippen molar-refractivity contribution in [1.82, 2.24) is 9.97 Å². The number of phenols is 1. The summed E-state index contributed by atoms with van der Waals surface area (Å²) in [6, 6.07) is 11.3. The molecule has 0 amide bonds. The van der Waals surface area contributed by atoms with Crippen molar-refractivity contribution >= 4 is 22.6 Å². The van der Waals surface area contributed by atoms with Gasteiger partial charge in [-0.25, -0.2) is 4.98 Å². The number of rotatable bonds is 3. The van der Waals surface area contributed by atoms with E-state index in [9.17, 15) is 5.11 Å². The quantitative estimate of drug-likeness (QED) is 0.561.